The van der Waals surface area contributed by atoms with Gasteiger partial charge < -0.3 is 5.11 Å². The van der Waals surface area contributed by atoms with E-state index in [1.807, 2.05) is 0 Å². The zero-order chi connectivity index (χ0) is 8.81. The van der Waals surface area contributed by atoms with E-state index < -0.39 is 10.8 Å². The van der Waals surface area contributed by atoms with Gasteiger partial charge in [0.15, 0.2) is 0 Å². The molecular weight excluding hydrogens is 174 g/mol. The maximum absolute atomic E-state index is 11.4. The van der Waals surface area contributed by atoms with E-state index in [1.54, 1.807) is 24.5 Å². The van der Waals surface area contributed by atoms with Crippen molar-refractivity contribution in [3.8, 4) is 0 Å². The van der Waals surface area contributed by atoms with Gasteiger partial charge in [0.1, 0.15) is 0 Å². The fraction of sp³-hybridized carbons (Fsp3) is 0.375. The molecule has 4 heteroatoms. The third kappa shape index (κ3) is 2.71. The Labute approximate surface area is 73.9 Å². The van der Waals surface area contributed by atoms with Crippen LogP contribution in [-0.2, 0) is 10.8 Å². The summed E-state index contributed by atoms with van der Waals surface area (Å²) in [4.78, 5) is 4.59. The van der Waals surface area contributed by atoms with Crippen LogP contribution < -0.4 is 0 Å². The predicted molar refractivity (Wildman–Crippen MR) is 47.2 cm³/mol. The van der Waals surface area contributed by atoms with Gasteiger partial charge in [0.05, 0.1) is 15.7 Å². The van der Waals surface area contributed by atoms with Crippen LogP contribution in [0.15, 0.2) is 29.4 Å². The number of pyridine rings is 1. The molecule has 0 aliphatic carbocycles. The molecule has 0 fully saturated rings. The second-order valence-corrected chi connectivity index (χ2v) is 3.89. The monoisotopic (exact) mass is 185 g/mol. The fourth-order valence-electron chi connectivity index (χ4n) is 0.795. The van der Waals surface area contributed by atoms with Gasteiger partial charge in [-0.05, 0) is 18.6 Å². The van der Waals surface area contributed by atoms with Gasteiger partial charge in [0, 0.05) is 24.8 Å². The zero-order valence-corrected chi connectivity index (χ0v) is 7.46. The molecule has 1 aromatic heterocycles. The van der Waals surface area contributed by atoms with Crippen LogP contribution in [0.3, 0.4) is 0 Å². The van der Waals surface area contributed by atoms with Crippen LogP contribution in [0.2, 0.25) is 0 Å². The van der Waals surface area contributed by atoms with Crippen molar-refractivity contribution in [3.05, 3.63) is 24.5 Å². The molecule has 1 heterocycles. The first-order valence-electron chi connectivity index (χ1n) is 3.74. The minimum atomic E-state index is -1.01. The largest absolute Gasteiger partial charge is 0.396 e. The SMILES string of the molecule is O=S(CCCO)c1cccnc1. The molecule has 1 aromatic rings. The van der Waals surface area contributed by atoms with Crippen molar-refractivity contribution < 1.29 is 9.32 Å². The molecule has 0 aromatic carbocycles. The molecule has 0 amide bonds. The molecule has 0 saturated heterocycles. The van der Waals surface area contributed by atoms with E-state index in [4.69, 9.17) is 5.11 Å². The Morgan fingerprint density at radius 2 is 2.42 bits per heavy atom. The van der Waals surface area contributed by atoms with Crippen LogP contribution >= 0.6 is 0 Å². The van der Waals surface area contributed by atoms with Gasteiger partial charge in [0.2, 0.25) is 0 Å². The van der Waals surface area contributed by atoms with E-state index >= 15 is 0 Å². The highest BCUT2D eigenvalue weighted by molar-refractivity contribution is 7.85. The lowest BCUT2D eigenvalue weighted by Crippen LogP contribution is -2.00. The van der Waals surface area contributed by atoms with Gasteiger partial charge in [-0.1, -0.05) is 0 Å². The Bertz CT molecular complexity index is 250. The Morgan fingerprint density at radius 1 is 1.58 bits per heavy atom. The third-order valence-corrected chi connectivity index (χ3v) is 2.81. The summed E-state index contributed by atoms with van der Waals surface area (Å²) in [5.41, 5.74) is 0. The standard InChI is InChI=1S/C8H11NO2S/c10-5-2-6-12(11)8-3-1-4-9-7-8/h1,3-4,7,10H,2,5-6H2. The number of nitrogens with zero attached hydrogens (tertiary/aromatic N) is 1. The highest BCUT2D eigenvalue weighted by atomic mass is 32.2. The van der Waals surface area contributed by atoms with Crippen LogP contribution in [0.25, 0.3) is 0 Å². The summed E-state index contributed by atoms with van der Waals surface area (Å²) in [5, 5.41) is 8.51. The second kappa shape index (κ2) is 5.00. The van der Waals surface area contributed by atoms with Crippen molar-refractivity contribution in [1.82, 2.24) is 4.98 Å². The molecule has 1 N–H and O–H groups in total. The molecule has 0 aliphatic heterocycles. The first-order chi connectivity index (χ1) is 5.84. The maximum atomic E-state index is 11.4. The molecule has 1 atom stereocenters. The van der Waals surface area contributed by atoms with E-state index in [-0.39, 0.29) is 6.61 Å². The van der Waals surface area contributed by atoms with Crippen LogP contribution in [0, 0.1) is 0 Å². The zero-order valence-electron chi connectivity index (χ0n) is 6.64. The van der Waals surface area contributed by atoms with Crippen molar-refractivity contribution in [2.75, 3.05) is 12.4 Å². The maximum Gasteiger partial charge on any atom is 0.0571 e. The van der Waals surface area contributed by atoms with Gasteiger partial charge in [-0.25, -0.2) is 0 Å². The summed E-state index contributed by atoms with van der Waals surface area (Å²) in [7, 11) is -1.01. The van der Waals surface area contributed by atoms with E-state index in [1.165, 1.54) is 0 Å². The van der Waals surface area contributed by atoms with E-state index in [0.29, 0.717) is 12.2 Å². The highest BCUT2D eigenvalue weighted by Gasteiger charge is 2.01. The first kappa shape index (κ1) is 9.35. The lowest BCUT2D eigenvalue weighted by molar-refractivity contribution is 0.296. The number of hydrogen-bond donors (Lipinski definition) is 1. The average molecular weight is 185 g/mol. The third-order valence-electron chi connectivity index (χ3n) is 1.39. The van der Waals surface area contributed by atoms with Crippen molar-refractivity contribution in [3.63, 3.8) is 0 Å². The smallest absolute Gasteiger partial charge is 0.0571 e. The summed E-state index contributed by atoms with van der Waals surface area (Å²) < 4.78 is 11.4. The van der Waals surface area contributed by atoms with Gasteiger partial charge >= 0.3 is 0 Å². The highest BCUT2D eigenvalue weighted by Crippen LogP contribution is 2.03. The predicted octanol–water partition coefficient (Wildman–Crippen LogP) is 0.572. The molecule has 0 saturated carbocycles. The van der Waals surface area contributed by atoms with Crippen molar-refractivity contribution in [2.24, 2.45) is 0 Å². The van der Waals surface area contributed by atoms with Gasteiger partial charge in [0.25, 0.3) is 0 Å². The molecule has 1 rings (SSSR count). The molecule has 0 bridgehead atoms. The number of rotatable bonds is 4. The fourth-order valence-corrected chi connectivity index (χ4v) is 1.83. The molecule has 0 spiro atoms. The van der Waals surface area contributed by atoms with Crippen LogP contribution in [-0.4, -0.2) is 26.7 Å². The molecular formula is C8H11NO2S. The molecule has 66 valence electrons. The molecule has 0 radical (unpaired) electrons. The van der Waals surface area contributed by atoms with Gasteiger partial charge in [-0.15, -0.1) is 0 Å². The Kier molecular flexibility index (Phi) is 3.90. The normalized spacial score (nSPS) is 12.8. The van der Waals surface area contributed by atoms with Crippen molar-refractivity contribution in [2.45, 2.75) is 11.3 Å². The quantitative estimate of drug-likeness (QED) is 0.746. The van der Waals surface area contributed by atoms with Crippen LogP contribution in [0.5, 0.6) is 0 Å². The van der Waals surface area contributed by atoms with Gasteiger partial charge in [-0.2, -0.15) is 0 Å². The first-order valence-corrected chi connectivity index (χ1v) is 5.06. The molecule has 12 heavy (non-hydrogen) atoms. The summed E-state index contributed by atoms with van der Waals surface area (Å²) in [6.07, 6.45) is 3.81. The molecule has 0 aliphatic rings. The molecule has 1 unspecified atom stereocenters. The topological polar surface area (TPSA) is 50.2 Å². The Hall–Kier alpha value is -0.740. The van der Waals surface area contributed by atoms with Crippen LogP contribution in [0.4, 0.5) is 0 Å². The Balaban J connectivity index is 2.54. The lowest BCUT2D eigenvalue weighted by Gasteiger charge is -1.98. The summed E-state index contributed by atoms with van der Waals surface area (Å²) in [6.45, 7) is 0.0893. The minimum Gasteiger partial charge on any atom is -0.396 e. The van der Waals surface area contributed by atoms with E-state index in [2.05, 4.69) is 4.98 Å². The van der Waals surface area contributed by atoms with E-state index in [9.17, 15) is 4.21 Å². The second-order valence-electron chi connectivity index (χ2n) is 2.32. The minimum absolute atomic E-state index is 0.0893. The number of aliphatic hydroxyl groups excluding tert-OH is 1. The van der Waals surface area contributed by atoms with Crippen molar-refractivity contribution >= 4 is 10.8 Å². The Morgan fingerprint density at radius 3 is 3.00 bits per heavy atom. The lowest BCUT2D eigenvalue weighted by atomic mass is 10.5. The average Bonchev–Trinajstić information content (AvgIpc) is 2.15. The number of aliphatic hydroxyl groups is 1. The van der Waals surface area contributed by atoms with Crippen LogP contribution in [0.1, 0.15) is 6.42 Å². The molecule has 3 nitrogen and oxygen atoms in total. The van der Waals surface area contributed by atoms with Gasteiger partial charge in [-0.3, -0.25) is 9.19 Å². The number of hydrogen-bond acceptors (Lipinski definition) is 3. The summed E-state index contributed by atoms with van der Waals surface area (Å²) in [6, 6.07) is 3.53. The van der Waals surface area contributed by atoms with Crippen molar-refractivity contribution in [1.29, 1.82) is 0 Å². The summed E-state index contributed by atoms with van der Waals surface area (Å²) >= 11 is 0. The summed E-state index contributed by atoms with van der Waals surface area (Å²) in [5.74, 6) is 0.502. The number of aromatic nitrogens is 1. The van der Waals surface area contributed by atoms with E-state index in [0.717, 1.165) is 4.90 Å².